The number of carbonyl (C=O) groups is 2. The molecule has 1 aliphatic heterocycles. The zero-order valence-corrected chi connectivity index (χ0v) is 11.8. The van der Waals surface area contributed by atoms with Crippen LogP contribution < -0.4 is 10.1 Å². The lowest BCUT2D eigenvalue weighted by Crippen LogP contribution is -2.32. The Hall–Kier alpha value is -1.76. The number of ether oxygens (including phenoxy) is 1. The van der Waals surface area contributed by atoms with Gasteiger partial charge in [0.15, 0.2) is 0 Å². The van der Waals surface area contributed by atoms with Gasteiger partial charge >= 0.3 is 12.0 Å². The fourth-order valence-corrected chi connectivity index (χ4v) is 2.42. The predicted octanol–water partition coefficient (Wildman–Crippen LogP) is 1.61. The standard InChI is InChI=1S/C12H13BrN2O4/c1-19-10-3-2-7(13)4-8(10)9-5-15(6-11(16)17)12(18)14-9/h2-4,9H,5-6H2,1H3,(H,14,18)(H,16,17). The summed E-state index contributed by atoms with van der Waals surface area (Å²) in [6.07, 6.45) is 0. The number of methoxy groups -OCH3 is 1. The van der Waals surface area contributed by atoms with E-state index in [1.54, 1.807) is 13.2 Å². The largest absolute Gasteiger partial charge is 0.496 e. The van der Waals surface area contributed by atoms with E-state index >= 15 is 0 Å². The van der Waals surface area contributed by atoms with E-state index in [0.29, 0.717) is 12.3 Å². The van der Waals surface area contributed by atoms with Gasteiger partial charge in [0, 0.05) is 16.6 Å². The molecule has 1 fully saturated rings. The second-order valence-electron chi connectivity index (χ2n) is 4.16. The van der Waals surface area contributed by atoms with Gasteiger partial charge in [-0.25, -0.2) is 4.79 Å². The van der Waals surface area contributed by atoms with Crippen molar-refractivity contribution in [1.82, 2.24) is 10.2 Å². The molecule has 19 heavy (non-hydrogen) atoms. The van der Waals surface area contributed by atoms with Crippen LogP contribution >= 0.6 is 15.9 Å². The normalized spacial score (nSPS) is 18.3. The monoisotopic (exact) mass is 328 g/mol. The SMILES string of the molecule is COc1ccc(Br)cc1C1CN(CC(=O)O)C(=O)N1. The Bertz CT molecular complexity index is 520. The number of carboxylic acids is 1. The van der Waals surface area contributed by atoms with Crippen molar-refractivity contribution in [2.24, 2.45) is 0 Å². The van der Waals surface area contributed by atoms with Crippen LogP contribution in [0.5, 0.6) is 5.75 Å². The fourth-order valence-electron chi connectivity index (χ4n) is 2.04. The Morgan fingerprint density at radius 3 is 3.00 bits per heavy atom. The smallest absolute Gasteiger partial charge is 0.323 e. The molecular formula is C12H13BrN2O4. The van der Waals surface area contributed by atoms with E-state index < -0.39 is 5.97 Å². The lowest BCUT2D eigenvalue weighted by atomic mass is 10.1. The number of carboxylic acid groups (broad SMARTS) is 1. The molecule has 2 N–H and O–H groups in total. The molecule has 1 saturated heterocycles. The van der Waals surface area contributed by atoms with Crippen LogP contribution in [0.3, 0.4) is 0 Å². The van der Waals surface area contributed by atoms with Gasteiger partial charge in [0.25, 0.3) is 0 Å². The molecule has 6 nitrogen and oxygen atoms in total. The minimum Gasteiger partial charge on any atom is -0.496 e. The van der Waals surface area contributed by atoms with Crippen LogP contribution in [0.25, 0.3) is 0 Å². The van der Waals surface area contributed by atoms with E-state index in [-0.39, 0.29) is 18.6 Å². The number of carbonyl (C=O) groups excluding carboxylic acids is 1. The van der Waals surface area contributed by atoms with E-state index in [2.05, 4.69) is 21.2 Å². The Morgan fingerprint density at radius 1 is 1.63 bits per heavy atom. The van der Waals surface area contributed by atoms with Crippen LogP contribution in [0.1, 0.15) is 11.6 Å². The fraction of sp³-hybridized carbons (Fsp3) is 0.333. The molecule has 102 valence electrons. The summed E-state index contributed by atoms with van der Waals surface area (Å²) in [5, 5.41) is 11.5. The first kappa shape index (κ1) is 13.7. The van der Waals surface area contributed by atoms with E-state index in [1.165, 1.54) is 4.90 Å². The molecule has 7 heteroatoms. The molecule has 2 rings (SSSR count). The third-order valence-corrected chi connectivity index (χ3v) is 3.37. The van der Waals surface area contributed by atoms with Crippen LogP contribution in [0, 0.1) is 0 Å². The second kappa shape index (κ2) is 5.48. The molecule has 0 saturated carbocycles. The summed E-state index contributed by atoms with van der Waals surface area (Å²) in [6, 6.07) is 4.84. The molecule has 2 amide bonds. The lowest BCUT2D eigenvalue weighted by molar-refractivity contribution is -0.137. The molecule has 1 atom stereocenters. The number of benzene rings is 1. The first-order valence-corrected chi connectivity index (χ1v) is 6.41. The zero-order chi connectivity index (χ0) is 14.0. The van der Waals surface area contributed by atoms with Crippen molar-refractivity contribution in [3.63, 3.8) is 0 Å². The van der Waals surface area contributed by atoms with Crippen molar-refractivity contribution in [3.05, 3.63) is 28.2 Å². The minimum atomic E-state index is -1.03. The Kier molecular flexibility index (Phi) is 3.94. The minimum absolute atomic E-state index is 0.278. The summed E-state index contributed by atoms with van der Waals surface area (Å²) in [5.41, 5.74) is 0.818. The lowest BCUT2D eigenvalue weighted by Gasteiger charge is -2.15. The quantitative estimate of drug-likeness (QED) is 0.880. The van der Waals surface area contributed by atoms with E-state index in [1.807, 2.05) is 12.1 Å². The van der Waals surface area contributed by atoms with Gasteiger partial charge < -0.3 is 20.1 Å². The average molecular weight is 329 g/mol. The number of halogens is 1. The third kappa shape index (κ3) is 2.98. The van der Waals surface area contributed by atoms with Gasteiger partial charge in [0.2, 0.25) is 0 Å². The van der Waals surface area contributed by atoms with Crippen LogP contribution in [0.2, 0.25) is 0 Å². The maximum absolute atomic E-state index is 11.7. The predicted molar refractivity (Wildman–Crippen MR) is 71.2 cm³/mol. The third-order valence-electron chi connectivity index (χ3n) is 2.88. The highest BCUT2D eigenvalue weighted by molar-refractivity contribution is 9.10. The highest BCUT2D eigenvalue weighted by Gasteiger charge is 2.32. The Balaban J connectivity index is 2.22. The van der Waals surface area contributed by atoms with Gasteiger partial charge in [-0.1, -0.05) is 15.9 Å². The van der Waals surface area contributed by atoms with Crippen molar-refractivity contribution in [2.75, 3.05) is 20.2 Å². The van der Waals surface area contributed by atoms with Crippen molar-refractivity contribution in [3.8, 4) is 5.75 Å². The molecule has 1 unspecified atom stereocenters. The molecule has 0 aromatic heterocycles. The van der Waals surface area contributed by atoms with Crippen molar-refractivity contribution < 1.29 is 19.4 Å². The van der Waals surface area contributed by atoms with Gasteiger partial charge in [-0.15, -0.1) is 0 Å². The molecule has 0 radical (unpaired) electrons. The van der Waals surface area contributed by atoms with Crippen molar-refractivity contribution in [2.45, 2.75) is 6.04 Å². The molecule has 1 aliphatic rings. The first-order valence-electron chi connectivity index (χ1n) is 5.62. The number of rotatable bonds is 4. The van der Waals surface area contributed by atoms with E-state index in [4.69, 9.17) is 9.84 Å². The van der Waals surface area contributed by atoms with Crippen LogP contribution in [0.15, 0.2) is 22.7 Å². The van der Waals surface area contributed by atoms with Crippen LogP contribution in [0.4, 0.5) is 4.79 Å². The maximum atomic E-state index is 11.7. The van der Waals surface area contributed by atoms with E-state index in [9.17, 15) is 9.59 Å². The number of amides is 2. The highest BCUT2D eigenvalue weighted by atomic mass is 79.9. The van der Waals surface area contributed by atoms with Crippen molar-refractivity contribution >= 4 is 27.9 Å². The number of aliphatic carboxylic acids is 1. The molecule has 1 aromatic rings. The first-order chi connectivity index (χ1) is 9.01. The summed E-state index contributed by atoms with van der Waals surface area (Å²) in [5.74, 6) is -0.373. The maximum Gasteiger partial charge on any atom is 0.323 e. The van der Waals surface area contributed by atoms with Gasteiger partial charge in [-0.05, 0) is 18.2 Å². The Morgan fingerprint density at radius 2 is 2.37 bits per heavy atom. The van der Waals surface area contributed by atoms with Gasteiger partial charge in [0.05, 0.1) is 13.2 Å². The summed E-state index contributed by atoms with van der Waals surface area (Å²) >= 11 is 3.37. The zero-order valence-electron chi connectivity index (χ0n) is 10.2. The van der Waals surface area contributed by atoms with Gasteiger partial charge in [-0.3, -0.25) is 4.79 Å². The highest BCUT2D eigenvalue weighted by Crippen LogP contribution is 2.31. The number of nitrogens with zero attached hydrogens (tertiary/aromatic N) is 1. The number of urea groups is 1. The topological polar surface area (TPSA) is 78.9 Å². The number of hydrogen-bond acceptors (Lipinski definition) is 3. The molecule has 1 aromatic carbocycles. The Labute approximate surface area is 118 Å². The summed E-state index contributed by atoms with van der Waals surface area (Å²) in [4.78, 5) is 23.6. The summed E-state index contributed by atoms with van der Waals surface area (Å²) in [6.45, 7) is -0.00337. The average Bonchev–Trinajstić information content (AvgIpc) is 2.70. The molecule has 0 aliphatic carbocycles. The number of hydrogen-bond donors (Lipinski definition) is 2. The molecule has 1 heterocycles. The van der Waals surface area contributed by atoms with E-state index in [0.717, 1.165) is 10.0 Å². The molecular weight excluding hydrogens is 316 g/mol. The number of nitrogens with one attached hydrogen (secondary N) is 1. The van der Waals surface area contributed by atoms with Gasteiger partial charge in [0.1, 0.15) is 12.3 Å². The van der Waals surface area contributed by atoms with Gasteiger partial charge in [-0.2, -0.15) is 0 Å². The second-order valence-corrected chi connectivity index (χ2v) is 5.08. The molecule has 0 bridgehead atoms. The summed E-state index contributed by atoms with van der Waals surface area (Å²) in [7, 11) is 1.55. The summed E-state index contributed by atoms with van der Waals surface area (Å²) < 4.78 is 6.13. The van der Waals surface area contributed by atoms with Crippen LogP contribution in [-0.2, 0) is 4.79 Å². The van der Waals surface area contributed by atoms with Crippen molar-refractivity contribution in [1.29, 1.82) is 0 Å². The van der Waals surface area contributed by atoms with Crippen LogP contribution in [-0.4, -0.2) is 42.2 Å². The molecule has 0 spiro atoms.